The summed E-state index contributed by atoms with van der Waals surface area (Å²) in [5.74, 6) is -0.0316. The Kier molecular flexibility index (Phi) is 4.83. The fraction of sp³-hybridized carbons (Fsp3) is 0.500. The average Bonchev–Trinajstić information content (AvgIpc) is 3.15. The summed E-state index contributed by atoms with van der Waals surface area (Å²) in [5.41, 5.74) is 0.256. The third-order valence-corrected chi connectivity index (χ3v) is 4.74. The van der Waals surface area contributed by atoms with Crippen molar-refractivity contribution in [1.29, 1.82) is 0 Å². The number of H-pyrrole nitrogens is 1. The van der Waals surface area contributed by atoms with Gasteiger partial charge in [-0.1, -0.05) is 43.2 Å². The smallest absolute Gasteiger partial charge is 0.300 e. The van der Waals surface area contributed by atoms with Crippen molar-refractivity contribution in [2.24, 2.45) is 0 Å². The van der Waals surface area contributed by atoms with E-state index in [-0.39, 0.29) is 23.9 Å². The Hall–Kier alpha value is -2.37. The van der Waals surface area contributed by atoms with E-state index in [4.69, 9.17) is 0 Å². The summed E-state index contributed by atoms with van der Waals surface area (Å²) in [7, 11) is 0. The Morgan fingerprint density at radius 1 is 1.21 bits per heavy atom. The van der Waals surface area contributed by atoms with Crippen LogP contribution in [0.25, 0.3) is 0 Å². The fourth-order valence-corrected chi connectivity index (χ4v) is 3.61. The number of carbonyl (C=O) groups is 1. The molecule has 2 aromatic rings. The third-order valence-electron chi connectivity index (χ3n) is 4.74. The third kappa shape index (κ3) is 3.42. The number of Topliss-reactive ketones (excluding diaryl/α,β-unsaturated/α-hetero) is 1. The fourth-order valence-electron chi connectivity index (χ4n) is 3.61. The first kappa shape index (κ1) is 16.5. The first-order valence-corrected chi connectivity index (χ1v) is 8.52. The number of nitrogens with one attached hydrogen (secondary N) is 1. The van der Waals surface area contributed by atoms with Crippen LogP contribution in [0.1, 0.15) is 56.7 Å². The van der Waals surface area contributed by atoms with Crippen molar-refractivity contribution < 1.29 is 4.79 Å². The molecular formula is C18H23N3O3. The van der Waals surface area contributed by atoms with Crippen molar-refractivity contribution in [2.45, 2.75) is 57.5 Å². The van der Waals surface area contributed by atoms with Crippen molar-refractivity contribution in [3.8, 4) is 0 Å². The minimum Gasteiger partial charge on any atom is -0.300 e. The van der Waals surface area contributed by atoms with Gasteiger partial charge in [-0.05, 0) is 31.7 Å². The molecule has 1 aliphatic carbocycles. The van der Waals surface area contributed by atoms with E-state index in [0.717, 1.165) is 31.2 Å². The molecule has 0 radical (unpaired) electrons. The zero-order chi connectivity index (χ0) is 17.1. The summed E-state index contributed by atoms with van der Waals surface area (Å²) >= 11 is 0. The van der Waals surface area contributed by atoms with Gasteiger partial charge in [0.15, 0.2) is 0 Å². The van der Waals surface area contributed by atoms with E-state index in [1.54, 1.807) is 0 Å². The van der Waals surface area contributed by atoms with Crippen LogP contribution in [0, 0.1) is 0 Å². The monoisotopic (exact) mass is 329 g/mol. The van der Waals surface area contributed by atoms with E-state index in [9.17, 15) is 14.4 Å². The number of benzene rings is 1. The van der Waals surface area contributed by atoms with Crippen molar-refractivity contribution in [1.82, 2.24) is 14.3 Å². The van der Waals surface area contributed by atoms with Crippen molar-refractivity contribution >= 4 is 5.78 Å². The molecule has 6 nitrogen and oxygen atoms in total. The Balaban J connectivity index is 1.96. The number of rotatable bonds is 6. The van der Waals surface area contributed by atoms with Gasteiger partial charge < -0.3 is 0 Å². The van der Waals surface area contributed by atoms with Gasteiger partial charge in [0.2, 0.25) is 0 Å². The molecule has 128 valence electrons. The molecule has 0 amide bonds. The lowest BCUT2D eigenvalue weighted by Crippen LogP contribution is -2.35. The second kappa shape index (κ2) is 7.03. The van der Waals surface area contributed by atoms with E-state index >= 15 is 0 Å². The Bertz CT molecular complexity index is 810. The number of aromatic amines is 1. The summed E-state index contributed by atoms with van der Waals surface area (Å²) in [6.07, 6.45) is 4.63. The van der Waals surface area contributed by atoms with Gasteiger partial charge in [0, 0.05) is 6.42 Å². The van der Waals surface area contributed by atoms with Crippen LogP contribution in [0.15, 0.2) is 39.9 Å². The van der Waals surface area contributed by atoms with Gasteiger partial charge in [-0.2, -0.15) is 0 Å². The molecule has 0 bridgehead atoms. The van der Waals surface area contributed by atoms with Gasteiger partial charge >= 0.3 is 11.4 Å². The lowest BCUT2D eigenvalue weighted by Gasteiger charge is -2.15. The molecule has 1 fully saturated rings. The van der Waals surface area contributed by atoms with Gasteiger partial charge in [0.05, 0.1) is 12.1 Å². The first-order valence-electron chi connectivity index (χ1n) is 8.52. The molecular weight excluding hydrogens is 306 g/mol. The number of hydrogen-bond donors (Lipinski definition) is 1. The molecule has 0 saturated heterocycles. The van der Waals surface area contributed by atoms with E-state index in [2.05, 4.69) is 5.10 Å². The van der Waals surface area contributed by atoms with E-state index in [1.807, 2.05) is 30.3 Å². The zero-order valence-corrected chi connectivity index (χ0v) is 13.9. The molecule has 0 spiro atoms. The highest BCUT2D eigenvalue weighted by molar-refractivity contribution is 5.75. The maximum absolute atomic E-state index is 12.8. The summed E-state index contributed by atoms with van der Waals surface area (Å²) in [5, 5.41) is 2.69. The molecule has 6 heteroatoms. The standard InChI is InChI=1S/C18H23N3O3/c1-13(22)11-16(12-14-7-3-2-4-8-14)20-17(23)19-21(18(20)24)15-9-5-6-10-15/h2-4,7-8,15-16H,5-6,9-12H2,1H3,(H,19,23). The van der Waals surface area contributed by atoms with Crippen LogP contribution >= 0.6 is 0 Å². The Morgan fingerprint density at radius 3 is 2.50 bits per heavy atom. The second-order valence-electron chi connectivity index (χ2n) is 6.63. The number of aromatic nitrogens is 3. The van der Waals surface area contributed by atoms with Gasteiger partial charge in [-0.3, -0.25) is 4.79 Å². The van der Waals surface area contributed by atoms with Crippen LogP contribution in [0.2, 0.25) is 0 Å². The predicted octanol–water partition coefficient (Wildman–Crippen LogP) is 2.22. The van der Waals surface area contributed by atoms with Crippen molar-refractivity contribution in [2.75, 3.05) is 0 Å². The predicted molar refractivity (Wildman–Crippen MR) is 91.3 cm³/mol. The minimum absolute atomic E-state index is 0.0316. The maximum atomic E-state index is 12.8. The molecule has 1 unspecified atom stereocenters. The van der Waals surface area contributed by atoms with Crippen LogP contribution < -0.4 is 11.4 Å². The molecule has 24 heavy (non-hydrogen) atoms. The average molecular weight is 329 g/mol. The van der Waals surface area contributed by atoms with Gasteiger partial charge in [-0.15, -0.1) is 0 Å². The van der Waals surface area contributed by atoms with E-state index in [1.165, 1.54) is 16.2 Å². The summed E-state index contributed by atoms with van der Waals surface area (Å²) in [6.45, 7) is 1.49. The molecule has 1 N–H and O–H groups in total. The molecule has 1 aromatic heterocycles. The number of nitrogens with zero attached hydrogens (tertiary/aromatic N) is 2. The number of hydrogen-bond acceptors (Lipinski definition) is 3. The largest absolute Gasteiger partial charge is 0.347 e. The normalized spacial score (nSPS) is 16.4. The molecule has 0 aliphatic heterocycles. The summed E-state index contributed by atoms with van der Waals surface area (Å²) in [4.78, 5) is 36.8. The molecule has 3 rings (SSSR count). The second-order valence-corrected chi connectivity index (χ2v) is 6.63. The lowest BCUT2D eigenvalue weighted by atomic mass is 10.0. The minimum atomic E-state index is -0.455. The zero-order valence-electron chi connectivity index (χ0n) is 13.9. The Labute approximate surface area is 140 Å². The van der Waals surface area contributed by atoms with Crippen LogP contribution in [-0.2, 0) is 11.2 Å². The number of ketones is 1. The highest BCUT2D eigenvalue weighted by Gasteiger charge is 2.25. The van der Waals surface area contributed by atoms with Gasteiger partial charge in [0.1, 0.15) is 5.78 Å². The summed E-state index contributed by atoms with van der Waals surface area (Å²) < 4.78 is 2.69. The first-order chi connectivity index (χ1) is 11.6. The molecule has 1 aromatic carbocycles. The van der Waals surface area contributed by atoms with Crippen molar-refractivity contribution in [3.05, 3.63) is 56.9 Å². The number of carbonyl (C=O) groups excluding carboxylic acids is 1. The summed E-state index contributed by atoms with van der Waals surface area (Å²) in [6, 6.07) is 9.25. The quantitative estimate of drug-likeness (QED) is 0.883. The maximum Gasteiger partial charge on any atom is 0.347 e. The highest BCUT2D eigenvalue weighted by atomic mass is 16.2. The van der Waals surface area contributed by atoms with Crippen molar-refractivity contribution in [3.63, 3.8) is 0 Å². The van der Waals surface area contributed by atoms with Gasteiger partial charge in [0.25, 0.3) is 0 Å². The SMILES string of the molecule is CC(=O)CC(Cc1ccccc1)n1c(=O)[nH]n(C2CCCC2)c1=O. The van der Waals surface area contributed by atoms with Crippen LogP contribution in [-0.4, -0.2) is 20.1 Å². The molecule has 1 aliphatic rings. The lowest BCUT2D eigenvalue weighted by molar-refractivity contribution is -0.117. The molecule has 1 saturated carbocycles. The van der Waals surface area contributed by atoms with Gasteiger partial charge in [-0.25, -0.2) is 23.9 Å². The van der Waals surface area contributed by atoms with Crippen LogP contribution in [0.5, 0.6) is 0 Å². The topological polar surface area (TPSA) is 76.9 Å². The van der Waals surface area contributed by atoms with E-state index < -0.39 is 11.7 Å². The highest BCUT2D eigenvalue weighted by Crippen LogP contribution is 2.27. The molecule has 1 atom stereocenters. The Morgan fingerprint density at radius 2 is 1.88 bits per heavy atom. The van der Waals surface area contributed by atoms with E-state index in [0.29, 0.717) is 6.42 Å². The molecule has 1 heterocycles. The van der Waals surface area contributed by atoms with Crippen LogP contribution in [0.4, 0.5) is 0 Å². The van der Waals surface area contributed by atoms with Crippen LogP contribution in [0.3, 0.4) is 0 Å².